The van der Waals surface area contributed by atoms with Gasteiger partial charge in [-0.1, -0.05) is 38.5 Å². The Balaban J connectivity index is 1.50. The van der Waals surface area contributed by atoms with Crippen LogP contribution in [0, 0.1) is 5.92 Å². The molecule has 1 aliphatic heterocycles. The third-order valence-corrected chi connectivity index (χ3v) is 6.46. The number of guanidine groups is 1. The molecule has 1 amide bonds. The van der Waals surface area contributed by atoms with Gasteiger partial charge in [0.2, 0.25) is 5.91 Å². The highest BCUT2D eigenvalue weighted by atomic mass is 16.3. The Hall–Kier alpha value is -1.30. The smallest absolute Gasteiger partial charge is 0.225 e. The molecule has 3 aliphatic rings. The van der Waals surface area contributed by atoms with Crippen molar-refractivity contribution in [2.45, 2.75) is 89.2 Å². The number of aliphatic hydroxyl groups is 1. The molecular formula is C21H38N4O2. The van der Waals surface area contributed by atoms with E-state index in [1.165, 1.54) is 25.7 Å². The molecule has 0 radical (unpaired) electrons. The highest BCUT2D eigenvalue weighted by molar-refractivity contribution is 5.81. The van der Waals surface area contributed by atoms with Crippen molar-refractivity contribution in [3.63, 3.8) is 0 Å². The first-order chi connectivity index (χ1) is 13.1. The van der Waals surface area contributed by atoms with Crippen LogP contribution in [-0.4, -0.2) is 59.7 Å². The molecule has 0 spiro atoms. The van der Waals surface area contributed by atoms with Crippen molar-refractivity contribution in [3.05, 3.63) is 0 Å². The second kappa shape index (κ2) is 9.76. The van der Waals surface area contributed by atoms with Crippen molar-refractivity contribution < 1.29 is 9.90 Å². The van der Waals surface area contributed by atoms with Crippen LogP contribution in [0.5, 0.6) is 0 Å². The average molecular weight is 379 g/mol. The van der Waals surface area contributed by atoms with Crippen LogP contribution in [0.15, 0.2) is 4.99 Å². The topological polar surface area (TPSA) is 77.0 Å². The van der Waals surface area contributed by atoms with Gasteiger partial charge >= 0.3 is 0 Å². The van der Waals surface area contributed by atoms with Gasteiger partial charge in [-0.15, -0.1) is 0 Å². The van der Waals surface area contributed by atoms with Gasteiger partial charge in [0, 0.05) is 31.6 Å². The Morgan fingerprint density at radius 1 is 1.11 bits per heavy atom. The van der Waals surface area contributed by atoms with Gasteiger partial charge in [-0.05, 0) is 39.0 Å². The molecule has 0 aromatic rings. The summed E-state index contributed by atoms with van der Waals surface area (Å²) in [6.45, 7) is 4.92. The normalized spacial score (nSPS) is 26.8. The minimum atomic E-state index is -0.640. The fourth-order valence-corrected chi connectivity index (χ4v) is 4.79. The molecule has 0 bridgehead atoms. The van der Waals surface area contributed by atoms with E-state index in [0.717, 1.165) is 70.5 Å². The maximum atomic E-state index is 12.8. The lowest BCUT2D eigenvalue weighted by Crippen LogP contribution is -2.46. The Labute approximate surface area is 164 Å². The van der Waals surface area contributed by atoms with Gasteiger partial charge in [0.1, 0.15) is 0 Å². The SMILES string of the molecule is CCNC(=NCC1(O)CCCCC1)NC1CCN(C(=O)C2CCCCC2)C1. The first-order valence-electron chi connectivity index (χ1n) is 11.2. The molecule has 3 rings (SSSR count). The van der Waals surface area contributed by atoms with Gasteiger partial charge in [-0.3, -0.25) is 9.79 Å². The number of amides is 1. The van der Waals surface area contributed by atoms with Crippen molar-refractivity contribution in [3.8, 4) is 0 Å². The van der Waals surface area contributed by atoms with Crippen molar-refractivity contribution in [2.24, 2.45) is 10.9 Å². The summed E-state index contributed by atoms with van der Waals surface area (Å²) in [5.74, 6) is 1.38. The van der Waals surface area contributed by atoms with Gasteiger partial charge in [-0.2, -0.15) is 0 Å². The highest BCUT2D eigenvalue weighted by Gasteiger charge is 2.32. The predicted molar refractivity (Wildman–Crippen MR) is 109 cm³/mol. The van der Waals surface area contributed by atoms with Gasteiger partial charge in [0.25, 0.3) is 0 Å². The molecule has 2 aliphatic carbocycles. The van der Waals surface area contributed by atoms with Crippen LogP contribution < -0.4 is 10.6 Å². The fourth-order valence-electron chi connectivity index (χ4n) is 4.79. The van der Waals surface area contributed by atoms with Crippen LogP contribution >= 0.6 is 0 Å². The molecule has 2 saturated carbocycles. The number of aliphatic imine (C=N–C) groups is 1. The fraction of sp³-hybridized carbons (Fsp3) is 0.905. The molecule has 6 nitrogen and oxygen atoms in total. The van der Waals surface area contributed by atoms with Gasteiger partial charge in [0.05, 0.1) is 12.1 Å². The van der Waals surface area contributed by atoms with E-state index >= 15 is 0 Å². The predicted octanol–water partition coefficient (Wildman–Crippen LogP) is 2.42. The van der Waals surface area contributed by atoms with Crippen LogP contribution in [0.2, 0.25) is 0 Å². The summed E-state index contributed by atoms with van der Waals surface area (Å²) in [4.78, 5) is 19.5. The summed E-state index contributed by atoms with van der Waals surface area (Å²) >= 11 is 0. The summed E-state index contributed by atoms with van der Waals surface area (Å²) in [5, 5.41) is 17.5. The minimum absolute atomic E-state index is 0.247. The van der Waals surface area contributed by atoms with E-state index in [4.69, 9.17) is 0 Å². The molecule has 154 valence electrons. The van der Waals surface area contributed by atoms with E-state index in [9.17, 15) is 9.90 Å². The van der Waals surface area contributed by atoms with E-state index in [0.29, 0.717) is 12.5 Å². The van der Waals surface area contributed by atoms with Crippen molar-refractivity contribution in [1.82, 2.24) is 15.5 Å². The van der Waals surface area contributed by atoms with Crippen molar-refractivity contribution >= 4 is 11.9 Å². The van der Waals surface area contributed by atoms with Crippen molar-refractivity contribution in [1.29, 1.82) is 0 Å². The lowest BCUT2D eigenvalue weighted by molar-refractivity contribution is -0.135. The number of rotatable bonds is 5. The van der Waals surface area contributed by atoms with E-state index < -0.39 is 5.60 Å². The summed E-state index contributed by atoms with van der Waals surface area (Å²) in [6, 6.07) is 0.247. The molecule has 3 fully saturated rings. The van der Waals surface area contributed by atoms with Gasteiger partial charge in [0.15, 0.2) is 5.96 Å². The van der Waals surface area contributed by atoms with Crippen LogP contribution in [0.1, 0.15) is 77.6 Å². The Morgan fingerprint density at radius 2 is 1.81 bits per heavy atom. The summed E-state index contributed by atoms with van der Waals surface area (Å²) in [5.41, 5.74) is -0.640. The Kier molecular flexibility index (Phi) is 7.39. The quantitative estimate of drug-likeness (QED) is 0.507. The first kappa shape index (κ1) is 20.4. The molecule has 0 aromatic carbocycles. The number of carbonyl (C=O) groups excluding carboxylic acids is 1. The zero-order valence-corrected chi connectivity index (χ0v) is 17.0. The molecule has 6 heteroatoms. The molecule has 0 aromatic heterocycles. The summed E-state index contributed by atoms with van der Waals surface area (Å²) in [6.07, 6.45) is 11.9. The second-order valence-electron chi connectivity index (χ2n) is 8.73. The molecule has 3 N–H and O–H groups in total. The highest BCUT2D eigenvalue weighted by Crippen LogP contribution is 2.28. The van der Waals surface area contributed by atoms with E-state index in [2.05, 4.69) is 22.5 Å². The van der Waals surface area contributed by atoms with Crippen LogP contribution in [0.4, 0.5) is 0 Å². The lowest BCUT2D eigenvalue weighted by atomic mass is 9.85. The third-order valence-electron chi connectivity index (χ3n) is 6.46. The van der Waals surface area contributed by atoms with Crippen molar-refractivity contribution in [2.75, 3.05) is 26.2 Å². The number of hydrogen-bond donors (Lipinski definition) is 3. The zero-order valence-electron chi connectivity index (χ0n) is 17.0. The molecule has 1 heterocycles. The maximum absolute atomic E-state index is 12.8. The first-order valence-corrected chi connectivity index (χ1v) is 11.2. The molecule has 1 unspecified atom stereocenters. The van der Waals surface area contributed by atoms with Crippen LogP contribution in [0.25, 0.3) is 0 Å². The lowest BCUT2D eigenvalue weighted by Gasteiger charge is -2.31. The van der Waals surface area contributed by atoms with E-state index in [-0.39, 0.29) is 12.0 Å². The van der Waals surface area contributed by atoms with Crippen LogP contribution in [-0.2, 0) is 4.79 Å². The average Bonchev–Trinajstić information content (AvgIpc) is 3.15. The standard InChI is InChI=1S/C21H38N4O2/c1-2-22-20(23-16-21(27)12-7-4-8-13-21)24-18-11-14-25(15-18)19(26)17-9-5-3-6-10-17/h17-18,27H,2-16H2,1H3,(H2,22,23,24). The molecule has 1 saturated heterocycles. The number of carbonyl (C=O) groups is 1. The summed E-state index contributed by atoms with van der Waals surface area (Å²) < 4.78 is 0. The maximum Gasteiger partial charge on any atom is 0.225 e. The summed E-state index contributed by atoms with van der Waals surface area (Å²) in [7, 11) is 0. The van der Waals surface area contributed by atoms with Gasteiger partial charge < -0.3 is 20.6 Å². The Morgan fingerprint density at radius 3 is 2.52 bits per heavy atom. The third kappa shape index (κ3) is 5.84. The Bertz CT molecular complexity index is 510. The van der Waals surface area contributed by atoms with Gasteiger partial charge in [-0.25, -0.2) is 0 Å². The zero-order chi connectivity index (χ0) is 19.1. The monoisotopic (exact) mass is 378 g/mol. The number of likely N-dealkylation sites (tertiary alicyclic amines) is 1. The second-order valence-corrected chi connectivity index (χ2v) is 8.73. The molecular weight excluding hydrogens is 340 g/mol. The van der Waals surface area contributed by atoms with E-state index in [1.807, 2.05) is 4.90 Å². The largest absolute Gasteiger partial charge is 0.388 e. The number of nitrogens with one attached hydrogen (secondary N) is 2. The molecule has 1 atom stereocenters. The van der Waals surface area contributed by atoms with E-state index in [1.54, 1.807) is 0 Å². The number of hydrogen-bond acceptors (Lipinski definition) is 3. The number of nitrogens with zero attached hydrogens (tertiary/aromatic N) is 2. The molecule has 27 heavy (non-hydrogen) atoms. The van der Waals surface area contributed by atoms with Crippen LogP contribution in [0.3, 0.4) is 0 Å². The minimum Gasteiger partial charge on any atom is -0.388 e.